The van der Waals surface area contributed by atoms with Gasteiger partial charge in [0.05, 0.1) is 22.7 Å². The molecule has 1 aliphatic rings. The van der Waals surface area contributed by atoms with Crippen LogP contribution in [0.2, 0.25) is 0 Å². The van der Waals surface area contributed by atoms with E-state index in [1.807, 2.05) is 67.3 Å². The van der Waals surface area contributed by atoms with Gasteiger partial charge in [0.1, 0.15) is 5.82 Å². The molecule has 3 aromatic carbocycles. The number of nitrogens with one attached hydrogen (secondary N) is 1. The summed E-state index contributed by atoms with van der Waals surface area (Å²) >= 11 is 0. The number of imidazole rings is 1. The largest absolute Gasteiger partial charge is 0.345 e. The van der Waals surface area contributed by atoms with Crippen LogP contribution < -0.4 is 0 Å². The number of hydrogen-bond acceptors (Lipinski definition) is 4. The second-order valence-electron chi connectivity index (χ2n) is 10.3. The molecule has 1 fully saturated rings. The van der Waals surface area contributed by atoms with Crippen molar-refractivity contribution in [3.05, 3.63) is 88.0 Å². The molecule has 0 bridgehead atoms. The molecule has 1 N–H and O–H groups in total. The predicted octanol–water partition coefficient (Wildman–Crippen LogP) is 5.44. The number of carbonyl (C=O) groups is 2. The highest BCUT2D eigenvalue weighted by molar-refractivity contribution is 5.99. The van der Waals surface area contributed by atoms with E-state index in [1.54, 1.807) is 25.1 Å². The van der Waals surface area contributed by atoms with Crippen LogP contribution in [0.15, 0.2) is 54.6 Å². The standard InChI is InChI=1S/C31H31N5O2/c1-19-15-20(2)26(31(38)36-13-11-23(12-14-36)22-7-5-21(18-32)6-8-22)17-25(19)29-33-27-10-9-24(16-28(27)34-29)30(37)35(3)4/h5-10,15-17,23H,11-14H2,1-4H3,(H,33,34). The number of rotatable bonds is 4. The predicted molar refractivity (Wildman–Crippen MR) is 148 cm³/mol. The zero-order valence-corrected chi connectivity index (χ0v) is 22.2. The van der Waals surface area contributed by atoms with Gasteiger partial charge in [-0.3, -0.25) is 9.59 Å². The lowest BCUT2D eigenvalue weighted by molar-refractivity contribution is 0.0712. The van der Waals surface area contributed by atoms with Crippen LogP contribution in [0.5, 0.6) is 0 Å². The van der Waals surface area contributed by atoms with Crippen LogP contribution in [0.25, 0.3) is 22.4 Å². The Morgan fingerprint density at radius 2 is 1.71 bits per heavy atom. The van der Waals surface area contributed by atoms with Crippen molar-refractivity contribution in [3.63, 3.8) is 0 Å². The molecule has 2 heterocycles. The van der Waals surface area contributed by atoms with Crippen LogP contribution in [-0.2, 0) is 0 Å². The second kappa shape index (κ2) is 10.1. The first kappa shape index (κ1) is 25.2. The summed E-state index contributed by atoms with van der Waals surface area (Å²) in [5.74, 6) is 1.05. The Bertz CT molecular complexity index is 1570. The van der Waals surface area contributed by atoms with E-state index in [9.17, 15) is 9.59 Å². The Kier molecular flexibility index (Phi) is 6.73. The van der Waals surface area contributed by atoms with Gasteiger partial charge in [-0.15, -0.1) is 0 Å². The third-order valence-electron chi connectivity index (χ3n) is 7.49. The monoisotopic (exact) mass is 505 g/mol. The van der Waals surface area contributed by atoms with Crippen molar-refractivity contribution in [2.45, 2.75) is 32.6 Å². The van der Waals surface area contributed by atoms with Crippen LogP contribution in [0.3, 0.4) is 0 Å². The van der Waals surface area contributed by atoms with Gasteiger partial charge in [0.25, 0.3) is 11.8 Å². The summed E-state index contributed by atoms with van der Waals surface area (Å²) in [6.45, 7) is 5.39. The number of piperidine rings is 1. The fourth-order valence-corrected chi connectivity index (χ4v) is 5.28. The Hall–Kier alpha value is -4.44. The summed E-state index contributed by atoms with van der Waals surface area (Å²) in [4.78, 5) is 37.6. The quantitative estimate of drug-likeness (QED) is 0.400. The molecule has 7 heteroatoms. The minimum atomic E-state index is -0.0644. The first-order valence-electron chi connectivity index (χ1n) is 12.9. The molecule has 2 amide bonds. The minimum absolute atomic E-state index is 0.0389. The molecule has 1 aromatic heterocycles. The van der Waals surface area contributed by atoms with E-state index in [2.05, 4.69) is 11.1 Å². The van der Waals surface area contributed by atoms with E-state index in [-0.39, 0.29) is 11.8 Å². The maximum Gasteiger partial charge on any atom is 0.254 e. The van der Waals surface area contributed by atoms with Crippen molar-refractivity contribution in [2.75, 3.05) is 27.2 Å². The smallest absolute Gasteiger partial charge is 0.254 e. The first-order chi connectivity index (χ1) is 18.2. The van der Waals surface area contributed by atoms with Crippen molar-refractivity contribution < 1.29 is 9.59 Å². The number of hydrogen-bond donors (Lipinski definition) is 1. The van der Waals surface area contributed by atoms with Gasteiger partial charge in [0.2, 0.25) is 0 Å². The molecule has 0 spiro atoms. The molecule has 7 nitrogen and oxygen atoms in total. The summed E-state index contributed by atoms with van der Waals surface area (Å²) in [6, 6.07) is 19.4. The van der Waals surface area contributed by atoms with Gasteiger partial charge < -0.3 is 14.8 Å². The molecule has 1 saturated heterocycles. The second-order valence-corrected chi connectivity index (χ2v) is 10.3. The number of aromatic nitrogens is 2. The molecule has 0 unspecified atom stereocenters. The van der Waals surface area contributed by atoms with E-state index in [0.29, 0.717) is 41.5 Å². The average molecular weight is 506 g/mol. The van der Waals surface area contributed by atoms with E-state index >= 15 is 0 Å². The molecule has 38 heavy (non-hydrogen) atoms. The molecule has 1 aliphatic heterocycles. The lowest BCUT2D eigenvalue weighted by Crippen LogP contribution is -2.38. The van der Waals surface area contributed by atoms with Gasteiger partial charge in [0, 0.05) is 43.9 Å². The van der Waals surface area contributed by atoms with E-state index < -0.39 is 0 Å². The van der Waals surface area contributed by atoms with E-state index in [0.717, 1.165) is 40.6 Å². The number of nitrogens with zero attached hydrogens (tertiary/aromatic N) is 4. The fraction of sp³-hybridized carbons (Fsp3) is 0.290. The van der Waals surface area contributed by atoms with Gasteiger partial charge >= 0.3 is 0 Å². The number of amides is 2. The Morgan fingerprint density at radius 1 is 1.00 bits per heavy atom. The molecule has 192 valence electrons. The minimum Gasteiger partial charge on any atom is -0.345 e. The molecule has 0 radical (unpaired) electrons. The molecule has 0 atom stereocenters. The maximum absolute atomic E-state index is 13.6. The van der Waals surface area contributed by atoms with Gasteiger partial charge in [0.15, 0.2) is 0 Å². The van der Waals surface area contributed by atoms with Crippen molar-refractivity contribution in [3.8, 4) is 17.5 Å². The summed E-state index contributed by atoms with van der Waals surface area (Å²) < 4.78 is 0. The highest BCUT2D eigenvalue weighted by Gasteiger charge is 2.26. The van der Waals surface area contributed by atoms with Gasteiger partial charge in [-0.25, -0.2) is 4.98 Å². The van der Waals surface area contributed by atoms with Gasteiger partial charge in [-0.05, 0) is 85.7 Å². The number of likely N-dealkylation sites (tertiary alicyclic amines) is 1. The number of H-pyrrole nitrogens is 1. The van der Waals surface area contributed by atoms with Crippen LogP contribution >= 0.6 is 0 Å². The van der Waals surface area contributed by atoms with Crippen molar-refractivity contribution >= 4 is 22.8 Å². The Morgan fingerprint density at radius 3 is 2.37 bits per heavy atom. The third kappa shape index (κ3) is 4.78. The SMILES string of the molecule is Cc1cc(C)c(-c2nc3ccc(C(=O)N(C)C)cc3[nH]2)cc1C(=O)N1CCC(c2ccc(C#N)cc2)CC1. The zero-order chi connectivity index (χ0) is 27.0. The fourth-order valence-electron chi connectivity index (χ4n) is 5.28. The topological polar surface area (TPSA) is 93.1 Å². The number of carbonyl (C=O) groups excluding carboxylic acids is 2. The van der Waals surface area contributed by atoms with E-state index in [1.165, 1.54) is 5.56 Å². The van der Waals surface area contributed by atoms with E-state index in [4.69, 9.17) is 10.2 Å². The van der Waals surface area contributed by atoms with Crippen LogP contribution in [0.1, 0.15) is 61.7 Å². The Balaban J connectivity index is 1.37. The third-order valence-corrected chi connectivity index (χ3v) is 7.49. The molecular formula is C31H31N5O2. The lowest BCUT2D eigenvalue weighted by Gasteiger charge is -2.32. The number of fused-ring (bicyclic) bond motifs is 1. The highest BCUT2D eigenvalue weighted by Crippen LogP contribution is 2.31. The average Bonchev–Trinajstić information content (AvgIpc) is 3.35. The van der Waals surface area contributed by atoms with Crippen molar-refractivity contribution in [1.29, 1.82) is 5.26 Å². The highest BCUT2D eigenvalue weighted by atomic mass is 16.2. The van der Waals surface area contributed by atoms with Gasteiger partial charge in [-0.2, -0.15) is 5.26 Å². The molecule has 0 saturated carbocycles. The number of nitriles is 1. The summed E-state index contributed by atoms with van der Waals surface area (Å²) in [7, 11) is 3.46. The molecular weight excluding hydrogens is 474 g/mol. The molecule has 0 aliphatic carbocycles. The Labute approximate surface area is 222 Å². The van der Waals surface area contributed by atoms with Crippen molar-refractivity contribution in [2.24, 2.45) is 0 Å². The number of benzene rings is 3. The zero-order valence-electron chi connectivity index (χ0n) is 22.2. The molecule has 4 aromatic rings. The first-order valence-corrected chi connectivity index (χ1v) is 12.9. The summed E-state index contributed by atoms with van der Waals surface area (Å²) in [6.07, 6.45) is 1.79. The summed E-state index contributed by atoms with van der Waals surface area (Å²) in [5.41, 5.74) is 7.58. The lowest BCUT2D eigenvalue weighted by atomic mass is 9.88. The van der Waals surface area contributed by atoms with Crippen LogP contribution in [0.4, 0.5) is 0 Å². The van der Waals surface area contributed by atoms with Crippen LogP contribution in [0, 0.1) is 25.2 Å². The summed E-state index contributed by atoms with van der Waals surface area (Å²) in [5, 5.41) is 9.05. The number of aryl methyl sites for hydroxylation is 2. The van der Waals surface area contributed by atoms with Gasteiger partial charge in [-0.1, -0.05) is 18.2 Å². The maximum atomic E-state index is 13.6. The van der Waals surface area contributed by atoms with Crippen molar-refractivity contribution in [1.82, 2.24) is 19.8 Å². The molecule has 5 rings (SSSR count). The normalized spacial score (nSPS) is 13.9. The number of aromatic amines is 1. The van der Waals surface area contributed by atoms with Crippen LogP contribution in [-0.4, -0.2) is 58.8 Å².